The summed E-state index contributed by atoms with van der Waals surface area (Å²) in [6.45, 7) is 0.626. The van der Waals surface area contributed by atoms with Crippen LogP contribution >= 0.6 is 11.6 Å². The second-order valence-corrected chi connectivity index (χ2v) is 4.77. The van der Waals surface area contributed by atoms with Gasteiger partial charge >= 0.3 is 0 Å². The van der Waals surface area contributed by atoms with Crippen molar-refractivity contribution in [1.29, 1.82) is 0 Å². The molecule has 0 fully saturated rings. The van der Waals surface area contributed by atoms with Crippen LogP contribution in [-0.2, 0) is 13.6 Å². The number of benzene rings is 1. The van der Waals surface area contributed by atoms with Crippen LogP contribution in [0.3, 0.4) is 0 Å². The Hall–Kier alpha value is -1.43. The molecule has 102 valence electrons. The first-order valence-corrected chi connectivity index (χ1v) is 6.25. The Labute approximate surface area is 115 Å². The molecule has 1 atom stereocenters. The van der Waals surface area contributed by atoms with Gasteiger partial charge in [-0.25, -0.2) is 4.39 Å². The first-order chi connectivity index (χ1) is 9.06. The summed E-state index contributed by atoms with van der Waals surface area (Å²) < 4.78 is 15.1. The molecule has 0 bridgehead atoms. The Balaban J connectivity index is 1.88. The third-order valence-electron chi connectivity index (χ3n) is 2.77. The van der Waals surface area contributed by atoms with Crippen LogP contribution in [0.2, 0.25) is 5.02 Å². The zero-order valence-electron chi connectivity index (χ0n) is 10.5. The van der Waals surface area contributed by atoms with Gasteiger partial charge in [0.2, 0.25) is 0 Å². The largest absolute Gasteiger partial charge is 0.387 e. The first kappa shape index (κ1) is 14.0. The maximum atomic E-state index is 13.4. The highest BCUT2D eigenvalue weighted by Gasteiger charge is 2.09. The number of halogens is 2. The van der Waals surface area contributed by atoms with Gasteiger partial charge in [-0.2, -0.15) is 5.10 Å². The Morgan fingerprint density at radius 1 is 1.53 bits per heavy atom. The molecule has 2 N–H and O–H groups in total. The molecule has 0 unspecified atom stereocenters. The maximum absolute atomic E-state index is 13.4. The maximum Gasteiger partial charge on any atom is 0.127 e. The number of nitrogens with zero attached hydrogens (tertiary/aromatic N) is 2. The van der Waals surface area contributed by atoms with E-state index in [0.717, 1.165) is 5.56 Å². The lowest BCUT2D eigenvalue weighted by atomic mass is 10.2. The molecule has 0 saturated heterocycles. The molecule has 19 heavy (non-hydrogen) atoms. The number of aliphatic hydroxyl groups is 1. The van der Waals surface area contributed by atoms with Crippen LogP contribution in [0.4, 0.5) is 4.39 Å². The Morgan fingerprint density at radius 2 is 2.32 bits per heavy atom. The van der Waals surface area contributed by atoms with Crippen molar-refractivity contribution < 1.29 is 9.50 Å². The summed E-state index contributed by atoms with van der Waals surface area (Å²) in [5.74, 6) is -0.312. The van der Waals surface area contributed by atoms with E-state index in [-0.39, 0.29) is 5.82 Å². The number of hydrogen-bond donors (Lipinski definition) is 2. The summed E-state index contributed by atoms with van der Waals surface area (Å²) in [4.78, 5) is 0. The molecule has 6 heteroatoms. The van der Waals surface area contributed by atoms with E-state index in [1.54, 1.807) is 30.2 Å². The molecular formula is C13H15ClFN3O. The minimum Gasteiger partial charge on any atom is -0.387 e. The zero-order chi connectivity index (χ0) is 13.8. The van der Waals surface area contributed by atoms with E-state index < -0.39 is 6.10 Å². The van der Waals surface area contributed by atoms with Gasteiger partial charge in [-0.1, -0.05) is 11.6 Å². The monoisotopic (exact) mass is 283 g/mol. The van der Waals surface area contributed by atoms with Gasteiger partial charge < -0.3 is 10.4 Å². The molecule has 1 aromatic carbocycles. The molecule has 0 aliphatic carbocycles. The van der Waals surface area contributed by atoms with Gasteiger partial charge in [0.1, 0.15) is 5.82 Å². The van der Waals surface area contributed by atoms with E-state index >= 15 is 0 Å². The van der Waals surface area contributed by atoms with E-state index in [1.165, 1.54) is 12.1 Å². The van der Waals surface area contributed by atoms with Crippen LogP contribution in [0.15, 0.2) is 30.6 Å². The normalized spacial score (nSPS) is 12.6. The molecule has 1 aromatic heterocycles. The van der Waals surface area contributed by atoms with Gasteiger partial charge in [0.05, 0.1) is 12.3 Å². The molecule has 0 saturated carbocycles. The third kappa shape index (κ3) is 3.76. The van der Waals surface area contributed by atoms with Crippen LogP contribution in [0.1, 0.15) is 17.2 Å². The second kappa shape index (κ2) is 6.14. The molecular weight excluding hydrogens is 269 g/mol. The van der Waals surface area contributed by atoms with Gasteiger partial charge in [0.15, 0.2) is 0 Å². The molecule has 0 amide bonds. The van der Waals surface area contributed by atoms with Crippen LogP contribution < -0.4 is 5.32 Å². The smallest absolute Gasteiger partial charge is 0.127 e. The molecule has 0 radical (unpaired) electrons. The van der Waals surface area contributed by atoms with Crippen molar-refractivity contribution in [2.75, 3.05) is 6.54 Å². The van der Waals surface area contributed by atoms with Gasteiger partial charge in [0.25, 0.3) is 0 Å². The Morgan fingerprint density at radius 3 is 3.00 bits per heavy atom. The van der Waals surface area contributed by atoms with Crippen molar-refractivity contribution in [1.82, 2.24) is 15.1 Å². The van der Waals surface area contributed by atoms with E-state index in [4.69, 9.17) is 11.6 Å². The lowest BCUT2D eigenvalue weighted by Crippen LogP contribution is -2.21. The highest BCUT2D eigenvalue weighted by Crippen LogP contribution is 2.15. The number of hydrogen-bond acceptors (Lipinski definition) is 3. The highest BCUT2D eigenvalue weighted by molar-refractivity contribution is 6.30. The summed E-state index contributed by atoms with van der Waals surface area (Å²) in [5, 5.41) is 17.4. The fourth-order valence-corrected chi connectivity index (χ4v) is 1.95. The van der Waals surface area contributed by atoms with Gasteiger partial charge in [0, 0.05) is 42.5 Å². The Kier molecular flexibility index (Phi) is 4.52. The minimum absolute atomic E-state index is 0.309. The fraction of sp³-hybridized carbons (Fsp3) is 0.308. The predicted octanol–water partition coefficient (Wildman–Crippen LogP) is 2.04. The summed E-state index contributed by atoms with van der Waals surface area (Å²) >= 11 is 5.80. The number of nitrogens with one attached hydrogen (secondary N) is 1. The van der Waals surface area contributed by atoms with Gasteiger partial charge in [-0.05, 0) is 18.2 Å². The zero-order valence-corrected chi connectivity index (χ0v) is 11.2. The van der Waals surface area contributed by atoms with Crippen LogP contribution in [0, 0.1) is 5.82 Å². The number of aromatic nitrogens is 2. The summed E-state index contributed by atoms with van der Waals surface area (Å²) in [6, 6.07) is 4.40. The molecule has 1 heterocycles. The molecule has 0 aliphatic rings. The number of rotatable bonds is 5. The molecule has 4 nitrogen and oxygen atoms in total. The summed E-state index contributed by atoms with van der Waals surface area (Å²) in [5.41, 5.74) is 1.20. The predicted molar refractivity (Wildman–Crippen MR) is 71.3 cm³/mol. The quantitative estimate of drug-likeness (QED) is 0.883. The van der Waals surface area contributed by atoms with E-state index in [0.29, 0.717) is 23.7 Å². The van der Waals surface area contributed by atoms with Crippen molar-refractivity contribution in [3.8, 4) is 0 Å². The summed E-state index contributed by atoms with van der Waals surface area (Å²) in [7, 11) is 1.78. The van der Waals surface area contributed by atoms with Gasteiger partial charge in [-0.3, -0.25) is 4.68 Å². The average Bonchev–Trinajstić information content (AvgIpc) is 2.80. The van der Waals surface area contributed by atoms with E-state index in [9.17, 15) is 9.50 Å². The van der Waals surface area contributed by atoms with Crippen molar-refractivity contribution in [3.63, 3.8) is 0 Å². The number of aliphatic hydroxyl groups excluding tert-OH is 1. The SMILES string of the molecule is Cn1cc([C@@H](O)CNCc2cc(Cl)ccc2F)cn1. The van der Waals surface area contributed by atoms with Crippen molar-refractivity contribution in [2.45, 2.75) is 12.6 Å². The highest BCUT2D eigenvalue weighted by atomic mass is 35.5. The van der Waals surface area contributed by atoms with Crippen molar-refractivity contribution >= 4 is 11.6 Å². The lowest BCUT2D eigenvalue weighted by molar-refractivity contribution is 0.174. The average molecular weight is 284 g/mol. The van der Waals surface area contributed by atoms with Crippen molar-refractivity contribution in [2.24, 2.45) is 7.05 Å². The standard InChI is InChI=1S/C13H15ClFN3O/c1-18-8-10(6-17-18)13(19)7-16-5-9-4-11(14)2-3-12(9)15/h2-4,6,8,13,16,19H,5,7H2,1H3/t13-/m0/s1. The molecule has 2 rings (SSSR count). The second-order valence-electron chi connectivity index (χ2n) is 4.33. The molecule has 0 spiro atoms. The van der Waals surface area contributed by atoms with Crippen LogP contribution in [0.25, 0.3) is 0 Å². The van der Waals surface area contributed by atoms with Gasteiger partial charge in [-0.15, -0.1) is 0 Å². The lowest BCUT2D eigenvalue weighted by Gasteiger charge is -2.10. The van der Waals surface area contributed by atoms with Crippen LogP contribution in [-0.4, -0.2) is 21.4 Å². The minimum atomic E-state index is -0.670. The Bertz CT molecular complexity index is 559. The van der Waals surface area contributed by atoms with Crippen LogP contribution in [0.5, 0.6) is 0 Å². The van der Waals surface area contributed by atoms with Crippen molar-refractivity contribution in [3.05, 3.63) is 52.6 Å². The third-order valence-corrected chi connectivity index (χ3v) is 3.01. The molecule has 0 aliphatic heterocycles. The van der Waals surface area contributed by atoms with E-state index in [1.807, 2.05) is 0 Å². The molecule has 2 aromatic rings. The van der Waals surface area contributed by atoms with E-state index in [2.05, 4.69) is 10.4 Å². The number of aryl methyl sites for hydroxylation is 1. The summed E-state index contributed by atoms with van der Waals surface area (Å²) in [6.07, 6.45) is 2.68. The topological polar surface area (TPSA) is 50.1 Å². The fourth-order valence-electron chi connectivity index (χ4n) is 1.75. The first-order valence-electron chi connectivity index (χ1n) is 5.87.